The van der Waals surface area contributed by atoms with E-state index in [4.69, 9.17) is 31.5 Å². The highest BCUT2D eigenvalue weighted by Gasteiger charge is 2.44. The molecule has 0 spiro atoms. The Morgan fingerprint density at radius 2 is 2.03 bits per heavy atom. The first-order valence-corrected chi connectivity index (χ1v) is 11.7. The Bertz CT molecular complexity index is 1100. The van der Waals surface area contributed by atoms with Gasteiger partial charge >= 0.3 is 0 Å². The van der Waals surface area contributed by atoms with Gasteiger partial charge < -0.3 is 14.8 Å². The number of nitrogens with zero attached hydrogens (tertiary/aromatic N) is 2. The number of anilines is 2. The maximum atomic E-state index is 12.8. The third-order valence-electron chi connectivity index (χ3n) is 5.44. The number of carbonyl (C=O) groups is 1. The zero-order valence-corrected chi connectivity index (χ0v) is 20.0. The van der Waals surface area contributed by atoms with Crippen molar-refractivity contribution in [1.82, 2.24) is 10.9 Å². The number of methoxy groups -OCH3 is 2. The van der Waals surface area contributed by atoms with Crippen molar-refractivity contribution in [1.29, 1.82) is 5.41 Å². The molecule has 2 aliphatic heterocycles. The first-order chi connectivity index (χ1) is 15.9. The molecule has 0 aromatic heterocycles. The molecule has 3 atom stereocenters. The van der Waals surface area contributed by atoms with E-state index >= 15 is 0 Å². The Morgan fingerprint density at radius 1 is 1.24 bits per heavy atom. The van der Waals surface area contributed by atoms with Gasteiger partial charge in [-0.15, -0.1) is 0 Å². The number of hydrogen-bond donors (Lipinski definition) is 4. The van der Waals surface area contributed by atoms with Crippen LogP contribution in [0.2, 0.25) is 5.02 Å². The maximum Gasteiger partial charge on any atom is 0.234 e. The summed E-state index contributed by atoms with van der Waals surface area (Å²) in [5, 5.41) is 12.8. The summed E-state index contributed by atoms with van der Waals surface area (Å²) in [6.45, 7) is 2.00. The van der Waals surface area contributed by atoms with E-state index in [0.717, 1.165) is 0 Å². The van der Waals surface area contributed by atoms with Gasteiger partial charge in [0.2, 0.25) is 5.91 Å². The summed E-state index contributed by atoms with van der Waals surface area (Å²) >= 11 is 7.70. The van der Waals surface area contributed by atoms with Gasteiger partial charge in [-0.3, -0.25) is 20.5 Å². The van der Waals surface area contributed by atoms with Crippen LogP contribution in [0.25, 0.3) is 0 Å². The number of ether oxygens (including phenoxy) is 2. The quantitative estimate of drug-likeness (QED) is 0.493. The molecule has 9 nitrogen and oxygen atoms in total. The molecule has 2 aliphatic rings. The summed E-state index contributed by atoms with van der Waals surface area (Å²) in [4.78, 5) is 19.3. The summed E-state index contributed by atoms with van der Waals surface area (Å²) in [6, 6.07) is 12.5. The third-order valence-corrected chi connectivity index (χ3v) is 6.71. The van der Waals surface area contributed by atoms with E-state index in [1.807, 2.05) is 25.1 Å². The van der Waals surface area contributed by atoms with Crippen LogP contribution in [0.3, 0.4) is 0 Å². The van der Waals surface area contributed by atoms with E-state index in [1.165, 1.54) is 18.9 Å². The summed E-state index contributed by atoms with van der Waals surface area (Å²) in [5.41, 5.74) is 7.45. The van der Waals surface area contributed by atoms with Crippen molar-refractivity contribution in [2.45, 2.75) is 19.1 Å². The van der Waals surface area contributed by atoms with Crippen LogP contribution < -0.4 is 30.5 Å². The fraction of sp³-hybridized carbons (Fsp3) is 0.318. The molecule has 0 radical (unpaired) electrons. The molecular formula is C22H25ClN6O3S. The van der Waals surface area contributed by atoms with Crippen LogP contribution in [0.5, 0.6) is 11.5 Å². The zero-order valence-electron chi connectivity index (χ0n) is 18.4. The normalized spacial score (nSPS) is 21.9. The second kappa shape index (κ2) is 10.0. The van der Waals surface area contributed by atoms with Gasteiger partial charge in [-0.2, -0.15) is 0 Å². The molecule has 11 heteroatoms. The maximum absolute atomic E-state index is 12.8. The number of nitrogens with one attached hydrogen (secondary N) is 4. The van der Waals surface area contributed by atoms with Crippen LogP contribution in [-0.2, 0) is 4.79 Å². The van der Waals surface area contributed by atoms with Crippen molar-refractivity contribution in [3.05, 3.63) is 47.5 Å². The molecule has 33 heavy (non-hydrogen) atoms. The lowest BCUT2D eigenvalue weighted by molar-refractivity contribution is -0.113. The van der Waals surface area contributed by atoms with Gasteiger partial charge in [-0.1, -0.05) is 35.5 Å². The highest BCUT2D eigenvalue weighted by atomic mass is 35.5. The Hall–Kier alpha value is -2.79. The van der Waals surface area contributed by atoms with Crippen LogP contribution in [-0.4, -0.2) is 49.1 Å². The highest BCUT2D eigenvalue weighted by molar-refractivity contribution is 8.14. The van der Waals surface area contributed by atoms with E-state index in [-0.39, 0.29) is 29.8 Å². The summed E-state index contributed by atoms with van der Waals surface area (Å²) in [7, 11) is 3.10. The van der Waals surface area contributed by atoms with Crippen molar-refractivity contribution < 1.29 is 14.3 Å². The van der Waals surface area contributed by atoms with Crippen LogP contribution >= 0.6 is 23.4 Å². The molecule has 4 N–H and O–H groups in total. The molecule has 1 amide bonds. The lowest BCUT2D eigenvalue weighted by Gasteiger charge is -2.36. The second-order valence-electron chi connectivity index (χ2n) is 7.53. The Labute approximate surface area is 201 Å². The lowest BCUT2D eigenvalue weighted by Crippen LogP contribution is -2.50. The minimum atomic E-state index is -0.296. The molecule has 2 heterocycles. The Kier molecular flexibility index (Phi) is 7.08. The zero-order chi connectivity index (χ0) is 23.5. The average Bonchev–Trinajstić information content (AvgIpc) is 3.19. The van der Waals surface area contributed by atoms with Crippen LogP contribution in [0.15, 0.2) is 47.5 Å². The largest absolute Gasteiger partial charge is 0.497 e. The lowest BCUT2D eigenvalue weighted by atomic mass is 9.97. The number of carbonyl (C=O) groups excluding carboxylic acids is 1. The van der Waals surface area contributed by atoms with Crippen molar-refractivity contribution in [3.8, 4) is 11.5 Å². The van der Waals surface area contributed by atoms with E-state index in [2.05, 4.69) is 16.2 Å². The third kappa shape index (κ3) is 4.79. The average molecular weight is 489 g/mol. The van der Waals surface area contributed by atoms with Gasteiger partial charge in [-0.25, -0.2) is 10.4 Å². The van der Waals surface area contributed by atoms with Gasteiger partial charge in [0.05, 0.1) is 42.3 Å². The smallest absolute Gasteiger partial charge is 0.234 e. The number of aliphatic imine (C=N–C) groups is 1. The summed E-state index contributed by atoms with van der Waals surface area (Å²) < 4.78 is 10.6. The van der Waals surface area contributed by atoms with Gasteiger partial charge in [0.15, 0.2) is 5.17 Å². The monoisotopic (exact) mass is 488 g/mol. The van der Waals surface area contributed by atoms with Crippen molar-refractivity contribution in [2.75, 3.05) is 30.2 Å². The number of amides is 1. The number of rotatable bonds is 6. The number of hydrogen-bond acceptors (Lipinski definition) is 8. The number of hydrazine groups is 1. The highest BCUT2D eigenvalue weighted by Crippen LogP contribution is 2.35. The predicted octanol–water partition coefficient (Wildman–Crippen LogP) is 3.32. The summed E-state index contributed by atoms with van der Waals surface area (Å²) in [6.07, 6.45) is -0.296. The van der Waals surface area contributed by atoms with Gasteiger partial charge in [0.1, 0.15) is 23.5 Å². The van der Waals surface area contributed by atoms with E-state index in [0.29, 0.717) is 38.9 Å². The number of thioether (sulfide) groups is 1. The number of para-hydroxylation sites is 1. The molecule has 1 fully saturated rings. The molecule has 0 aliphatic carbocycles. The number of benzene rings is 2. The van der Waals surface area contributed by atoms with E-state index < -0.39 is 0 Å². The second-order valence-corrected chi connectivity index (χ2v) is 8.88. The Balaban J connectivity index is 1.55. The molecule has 0 saturated carbocycles. The standard InChI is InChI=1S/C22H25ClN6O3S/c1-12-19-20(24)29(16-7-5-4-6-14(16)23)22(26-21(19)28-27-12)33-11-18(30)25-15-10-13(31-2)8-9-17(15)32-3/h4-10,12,19,21,24,27-28H,11H2,1-3H3,(H,25,30). The topological polar surface area (TPSA) is 111 Å². The molecule has 1 saturated heterocycles. The van der Waals surface area contributed by atoms with Gasteiger partial charge in [-0.05, 0) is 31.2 Å². The van der Waals surface area contributed by atoms with Crippen molar-refractivity contribution >= 4 is 51.6 Å². The SMILES string of the molecule is COc1ccc(OC)c(NC(=O)CSC2=NC3NNC(C)C3C(=N)N2c2ccccc2Cl)c1. The van der Waals surface area contributed by atoms with E-state index in [9.17, 15) is 4.79 Å². The minimum Gasteiger partial charge on any atom is -0.497 e. The van der Waals surface area contributed by atoms with Crippen LogP contribution in [0.4, 0.5) is 11.4 Å². The van der Waals surface area contributed by atoms with Crippen LogP contribution in [0.1, 0.15) is 6.92 Å². The first kappa shape index (κ1) is 23.4. The number of fused-ring (bicyclic) bond motifs is 1. The number of amidine groups is 2. The minimum absolute atomic E-state index is 0.0200. The molecule has 174 valence electrons. The molecule has 4 rings (SSSR count). The van der Waals surface area contributed by atoms with Crippen molar-refractivity contribution in [3.63, 3.8) is 0 Å². The van der Waals surface area contributed by atoms with Gasteiger partial charge in [0, 0.05) is 12.1 Å². The fourth-order valence-electron chi connectivity index (χ4n) is 3.79. The predicted molar refractivity (Wildman–Crippen MR) is 133 cm³/mol. The van der Waals surface area contributed by atoms with Crippen molar-refractivity contribution in [2.24, 2.45) is 10.9 Å². The summed E-state index contributed by atoms with van der Waals surface area (Å²) in [5.74, 6) is 1.17. The van der Waals surface area contributed by atoms with Crippen LogP contribution in [0, 0.1) is 11.3 Å². The molecule has 2 aromatic rings. The Morgan fingerprint density at radius 3 is 2.76 bits per heavy atom. The number of halogens is 1. The first-order valence-electron chi connectivity index (χ1n) is 10.3. The molecule has 3 unspecified atom stereocenters. The van der Waals surface area contributed by atoms with E-state index in [1.54, 1.807) is 36.3 Å². The molecule has 2 aromatic carbocycles. The van der Waals surface area contributed by atoms with Gasteiger partial charge in [0.25, 0.3) is 0 Å². The molecule has 0 bridgehead atoms. The fourth-order valence-corrected chi connectivity index (χ4v) is 4.86. The molecular weight excluding hydrogens is 464 g/mol.